The Balaban J connectivity index is 1.33. The Morgan fingerprint density at radius 3 is 3.07 bits per heavy atom. The lowest BCUT2D eigenvalue weighted by atomic mass is 9.74. The summed E-state index contributed by atoms with van der Waals surface area (Å²) in [5.74, 6) is 0.680. The van der Waals surface area contributed by atoms with Crippen LogP contribution >= 0.6 is 0 Å². The predicted octanol–water partition coefficient (Wildman–Crippen LogP) is 2.53. The molecule has 1 fully saturated rings. The summed E-state index contributed by atoms with van der Waals surface area (Å²) in [4.78, 5) is 28.2. The molecule has 1 aliphatic rings. The Kier molecular flexibility index (Phi) is 3.97. The van der Waals surface area contributed by atoms with Crippen molar-refractivity contribution in [3.05, 3.63) is 37.1 Å². The molecule has 148 valence electrons. The molecule has 0 atom stereocenters. The van der Waals surface area contributed by atoms with Crippen molar-refractivity contribution >= 4 is 28.5 Å². The molecule has 0 bridgehead atoms. The first-order valence-corrected chi connectivity index (χ1v) is 9.74. The molecule has 4 aromatic heterocycles. The van der Waals surface area contributed by atoms with Crippen LogP contribution in [0.4, 0.5) is 5.95 Å². The lowest BCUT2D eigenvalue weighted by molar-refractivity contribution is -0.123. The van der Waals surface area contributed by atoms with Gasteiger partial charge in [-0.25, -0.2) is 14.5 Å². The van der Waals surface area contributed by atoms with Gasteiger partial charge < -0.3 is 15.6 Å². The molecule has 0 aromatic carbocycles. The van der Waals surface area contributed by atoms with E-state index < -0.39 is 0 Å². The molecule has 0 aliphatic heterocycles. The molecule has 3 N–H and O–H groups in total. The second-order valence-corrected chi connectivity index (χ2v) is 7.85. The average molecular weight is 390 g/mol. The maximum absolute atomic E-state index is 11.6. The van der Waals surface area contributed by atoms with Gasteiger partial charge in [0.05, 0.1) is 0 Å². The van der Waals surface area contributed by atoms with E-state index in [0.717, 1.165) is 40.6 Å². The number of carbonyl (C=O) groups is 1. The van der Waals surface area contributed by atoms with Crippen molar-refractivity contribution in [2.24, 2.45) is 0 Å². The van der Waals surface area contributed by atoms with Gasteiger partial charge in [-0.2, -0.15) is 10.1 Å². The van der Waals surface area contributed by atoms with Crippen LogP contribution in [0.1, 0.15) is 33.1 Å². The molecule has 1 saturated carbocycles. The van der Waals surface area contributed by atoms with Gasteiger partial charge in [0.25, 0.3) is 0 Å². The highest BCUT2D eigenvalue weighted by molar-refractivity contribution is 5.93. The van der Waals surface area contributed by atoms with Gasteiger partial charge in [0.2, 0.25) is 11.9 Å². The number of aromatic nitrogens is 6. The highest BCUT2D eigenvalue weighted by atomic mass is 16.1. The molecule has 4 heterocycles. The van der Waals surface area contributed by atoms with E-state index in [-0.39, 0.29) is 17.5 Å². The summed E-state index contributed by atoms with van der Waals surface area (Å²) in [6.07, 6.45) is 9.41. The molecule has 9 nitrogen and oxygen atoms in total. The van der Waals surface area contributed by atoms with Crippen LogP contribution in [0.5, 0.6) is 0 Å². The fraction of sp³-hybridized carbons (Fsp3) is 0.350. The molecule has 1 aliphatic carbocycles. The number of H-pyrrole nitrogens is 1. The van der Waals surface area contributed by atoms with Gasteiger partial charge in [-0.15, -0.1) is 0 Å². The Morgan fingerprint density at radius 1 is 1.38 bits per heavy atom. The average Bonchev–Trinajstić information content (AvgIpc) is 3.32. The van der Waals surface area contributed by atoms with Crippen molar-refractivity contribution < 1.29 is 4.79 Å². The molecular weight excluding hydrogens is 368 g/mol. The van der Waals surface area contributed by atoms with E-state index in [9.17, 15) is 4.79 Å². The summed E-state index contributed by atoms with van der Waals surface area (Å²) in [6.45, 7) is 3.94. The van der Waals surface area contributed by atoms with E-state index in [1.807, 2.05) is 37.6 Å². The van der Waals surface area contributed by atoms with E-state index in [1.54, 1.807) is 4.52 Å². The molecule has 29 heavy (non-hydrogen) atoms. The van der Waals surface area contributed by atoms with Gasteiger partial charge in [0, 0.05) is 47.5 Å². The first kappa shape index (κ1) is 17.6. The quantitative estimate of drug-likeness (QED) is 0.483. The first-order chi connectivity index (χ1) is 14.0. The zero-order chi connectivity index (χ0) is 20.0. The Labute approximate surface area is 167 Å². The molecule has 0 unspecified atom stereocenters. The molecule has 0 spiro atoms. The predicted molar refractivity (Wildman–Crippen MR) is 109 cm³/mol. The van der Waals surface area contributed by atoms with Crippen molar-refractivity contribution in [2.45, 2.75) is 44.7 Å². The van der Waals surface area contributed by atoms with Crippen LogP contribution in [0.15, 0.2) is 37.1 Å². The largest absolute Gasteiger partial charge is 0.351 e. The normalized spacial score (nSPS) is 21.2. The zero-order valence-electron chi connectivity index (χ0n) is 16.3. The number of rotatable bonds is 5. The van der Waals surface area contributed by atoms with Crippen LogP contribution in [0.3, 0.4) is 0 Å². The third-order valence-corrected chi connectivity index (χ3v) is 5.51. The first-order valence-electron chi connectivity index (χ1n) is 9.74. The van der Waals surface area contributed by atoms with Crippen molar-refractivity contribution in [3.63, 3.8) is 0 Å². The van der Waals surface area contributed by atoms with Crippen LogP contribution in [-0.4, -0.2) is 47.0 Å². The van der Waals surface area contributed by atoms with E-state index in [4.69, 9.17) is 0 Å². The number of carbonyl (C=O) groups excluding carboxylic acids is 1. The molecular formula is C20H22N8O. The molecule has 0 radical (unpaired) electrons. The summed E-state index contributed by atoms with van der Waals surface area (Å²) in [5.41, 5.74) is 3.48. The lowest BCUT2D eigenvalue weighted by Gasteiger charge is -2.45. The maximum Gasteiger partial charge on any atom is 0.224 e. The van der Waals surface area contributed by atoms with Crippen molar-refractivity contribution in [2.75, 3.05) is 5.32 Å². The summed E-state index contributed by atoms with van der Waals surface area (Å²) in [7, 11) is 0. The Bertz CT molecular complexity index is 1200. The minimum absolute atomic E-state index is 0.0897. The maximum atomic E-state index is 11.6. The Hall–Kier alpha value is -3.49. The number of nitrogens with one attached hydrogen (secondary N) is 3. The van der Waals surface area contributed by atoms with Gasteiger partial charge in [-0.3, -0.25) is 4.79 Å². The van der Waals surface area contributed by atoms with Crippen molar-refractivity contribution in [3.8, 4) is 11.1 Å². The van der Waals surface area contributed by atoms with E-state index in [0.29, 0.717) is 12.4 Å². The topological polar surface area (TPSA) is 113 Å². The van der Waals surface area contributed by atoms with Gasteiger partial charge in [0.1, 0.15) is 12.0 Å². The molecule has 5 rings (SSSR count). The van der Waals surface area contributed by atoms with Crippen LogP contribution < -0.4 is 10.6 Å². The second-order valence-electron chi connectivity index (χ2n) is 7.85. The Morgan fingerprint density at radius 2 is 2.24 bits per heavy atom. The number of fused-ring (bicyclic) bond motifs is 2. The van der Waals surface area contributed by atoms with E-state index in [2.05, 4.69) is 42.6 Å². The number of hydrogen-bond donors (Lipinski definition) is 3. The minimum Gasteiger partial charge on any atom is -0.351 e. The highest BCUT2D eigenvalue weighted by Crippen LogP contribution is 2.34. The van der Waals surface area contributed by atoms with E-state index in [1.165, 1.54) is 6.33 Å². The molecule has 9 heteroatoms. The number of hydrogen-bond acceptors (Lipinski definition) is 6. The van der Waals surface area contributed by atoms with Crippen LogP contribution in [-0.2, 0) is 4.79 Å². The van der Waals surface area contributed by atoms with Crippen LogP contribution in [0.25, 0.3) is 27.8 Å². The summed E-state index contributed by atoms with van der Waals surface area (Å²) in [6, 6.07) is 4.23. The smallest absolute Gasteiger partial charge is 0.224 e. The monoisotopic (exact) mass is 390 g/mol. The van der Waals surface area contributed by atoms with Crippen molar-refractivity contribution in [1.29, 1.82) is 0 Å². The summed E-state index contributed by atoms with van der Waals surface area (Å²) >= 11 is 0. The fourth-order valence-corrected chi connectivity index (χ4v) is 4.04. The van der Waals surface area contributed by atoms with E-state index >= 15 is 0 Å². The molecule has 1 amide bonds. The lowest BCUT2D eigenvalue weighted by Crippen LogP contribution is -2.59. The zero-order valence-corrected chi connectivity index (χ0v) is 16.3. The van der Waals surface area contributed by atoms with Crippen molar-refractivity contribution in [1.82, 2.24) is 34.9 Å². The minimum atomic E-state index is -0.144. The van der Waals surface area contributed by atoms with Crippen LogP contribution in [0, 0.1) is 0 Å². The third-order valence-electron chi connectivity index (χ3n) is 5.51. The standard InChI is InChI=1S/C20H22N8O/c1-3-17(29)27-20(2)7-13(8-20)25-19-22-10-15-14(9-21-18(15)26-19)12-4-5-28-16(6-12)23-11-24-28/h4-6,9-11,13H,3,7-8H2,1-2H3,(H,27,29)(H2,21,22,25,26)/t13-,20+. The number of anilines is 1. The van der Waals surface area contributed by atoms with Gasteiger partial charge in [0.15, 0.2) is 5.65 Å². The second kappa shape index (κ2) is 6.54. The van der Waals surface area contributed by atoms with Gasteiger partial charge >= 0.3 is 0 Å². The number of nitrogens with zero attached hydrogens (tertiary/aromatic N) is 5. The van der Waals surface area contributed by atoms with Gasteiger partial charge in [-0.1, -0.05) is 6.92 Å². The van der Waals surface area contributed by atoms with Gasteiger partial charge in [-0.05, 0) is 37.5 Å². The number of amides is 1. The van der Waals surface area contributed by atoms with Crippen LogP contribution in [0.2, 0.25) is 0 Å². The number of aromatic amines is 1. The molecule has 0 saturated heterocycles. The SMILES string of the molecule is CCC(=O)N[C@]1(C)C[C@H](Nc2ncc3c(-c4ccn5ncnc5c4)c[nH]c3n2)C1. The summed E-state index contributed by atoms with van der Waals surface area (Å²) < 4.78 is 1.73. The molecule has 4 aromatic rings. The summed E-state index contributed by atoms with van der Waals surface area (Å²) in [5, 5.41) is 11.5. The highest BCUT2D eigenvalue weighted by Gasteiger charge is 2.41. The fourth-order valence-electron chi connectivity index (χ4n) is 4.04. The third kappa shape index (κ3) is 3.18. The number of pyridine rings is 1.